The highest BCUT2D eigenvalue weighted by atomic mass is 32.1. The van der Waals surface area contributed by atoms with Crippen molar-refractivity contribution in [3.8, 4) is 0 Å². The monoisotopic (exact) mass is 426 g/mol. The normalized spacial score (nSPS) is 23.6. The summed E-state index contributed by atoms with van der Waals surface area (Å²) in [5, 5.41) is 15.3. The van der Waals surface area contributed by atoms with E-state index in [0.29, 0.717) is 17.7 Å². The molecule has 0 atom stereocenters. The van der Waals surface area contributed by atoms with Crippen LogP contribution in [0.1, 0.15) is 72.2 Å². The molecule has 3 aliphatic carbocycles. The van der Waals surface area contributed by atoms with Crippen LogP contribution in [0.2, 0.25) is 0 Å². The van der Waals surface area contributed by atoms with E-state index in [-0.39, 0.29) is 18.1 Å². The van der Waals surface area contributed by atoms with Gasteiger partial charge in [0, 0.05) is 18.8 Å². The van der Waals surface area contributed by atoms with Crippen LogP contribution in [0.3, 0.4) is 0 Å². The van der Waals surface area contributed by atoms with Crippen LogP contribution in [-0.2, 0) is 12.8 Å². The van der Waals surface area contributed by atoms with Crippen molar-refractivity contribution >= 4 is 29.0 Å². The summed E-state index contributed by atoms with van der Waals surface area (Å²) in [6, 6.07) is 2.14. The summed E-state index contributed by atoms with van der Waals surface area (Å²) in [4.78, 5) is 25.5. The zero-order valence-electron chi connectivity index (χ0n) is 17.3. The van der Waals surface area contributed by atoms with Crippen molar-refractivity contribution in [2.24, 2.45) is 5.92 Å². The third-order valence-corrected chi connectivity index (χ3v) is 7.69. The molecular formula is C23H30N4O2S. The molecule has 7 heteroatoms. The summed E-state index contributed by atoms with van der Waals surface area (Å²) in [6.07, 6.45) is 11.9. The maximum absolute atomic E-state index is 13.6. The first kappa shape index (κ1) is 19.9. The molecule has 2 fully saturated rings. The van der Waals surface area contributed by atoms with Crippen molar-refractivity contribution in [3.63, 3.8) is 0 Å². The predicted octanol–water partition coefficient (Wildman–Crippen LogP) is 4.19. The van der Waals surface area contributed by atoms with Crippen LogP contribution in [-0.4, -0.2) is 39.7 Å². The Bertz CT molecular complexity index is 902. The van der Waals surface area contributed by atoms with E-state index in [4.69, 9.17) is 4.98 Å². The number of anilines is 2. The predicted molar refractivity (Wildman–Crippen MR) is 119 cm³/mol. The molecule has 6 nitrogen and oxygen atoms in total. The van der Waals surface area contributed by atoms with E-state index in [9.17, 15) is 9.90 Å². The molecular weight excluding hydrogens is 396 g/mol. The average Bonchev–Trinajstić information content (AvgIpc) is 3.49. The number of carbonyl (C=O) groups is 1. The van der Waals surface area contributed by atoms with Gasteiger partial charge in [0.25, 0.3) is 5.91 Å². The van der Waals surface area contributed by atoms with Gasteiger partial charge in [-0.2, -0.15) is 4.98 Å². The van der Waals surface area contributed by atoms with Gasteiger partial charge in [-0.1, -0.05) is 0 Å². The first-order valence-corrected chi connectivity index (χ1v) is 12.2. The number of aryl methyl sites for hydroxylation is 1. The third kappa shape index (κ3) is 4.37. The molecule has 0 spiro atoms. The highest BCUT2D eigenvalue weighted by Gasteiger charge is 2.32. The average molecular weight is 427 g/mol. The van der Waals surface area contributed by atoms with E-state index in [2.05, 4.69) is 15.7 Å². The maximum atomic E-state index is 13.6. The molecule has 0 aromatic carbocycles. The quantitative estimate of drug-likeness (QED) is 0.724. The summed E-state index contributed by atoms with van der Waals surface area (Å²) >= 11 is 1.60. The Hall–Kier alpha value is -1.99. The smallest absolute Gasteiger partial charge is 0.269 e. The minimum absolute atomic E-state index is 0.0977. The molecule has 0 saturated heterocycles. The second kappa shape index (κ2) is 8.63. The lowest BCUT2D eigenvalue weighted by Crippen LogP contribution is -2.34. The van der Waals surface area contributed by atoms with Crippen LogP contribution in [0, 0.1) is 5.92 Å². The highest BCUT2D eigenvalue weighted by molar-refractivity contribution is 7.12. The summed E-state index contributed by atoms with van der Waals surface area (Å²) in [7, 11) is 0. The van der Waals surface area contributed by atoms with E-state index in [1.807, 2.05) is 11.0 Å². The van der Waals surface area contributed by atoms with Crippen molar-refractivity contribution < 1.29 is 9.90 Å². The van der Waals surface area contributed by atoms with Gasteiger partial charge in [-0.05, 0) is 92.7 Å². The lowest BCUT2D eigenvalue weighted by Gasteiger charge is -2.27. The van der Waals surface area contributed by atoms with E-state index < -0.39 is 0 Å². The number of aromatic nitrogens is 2. The Morgan fingerprint density at radius 3 is 2.77 bits per heavy atom. The number of amides is 1. The fourth-order valence-corrected chi connectivity index (χ4v) is 5.74. The van der Waals surface area contributed by atoms with E-state index in [0.717, 1.165) is 49.9 Å². The molecule has 30 heavy (non-hydrogen) atoms. The van der Waals surface area contributed by atoms with Crippen molar-refractivity contribution in [1.29, 1.82) is 0 Å². The fourth-order valence-electron chi connectivity index (χ4n) is 4.63. The van der Waals surface area contributed by atoms with Crippen molar-refractivity contribution in [2.45, 2.75) is 76.4 Å². The zero-order chi connectivity index (χ0) is 20.5. The first-order chi connectivity index (χ1) is 14.7. The Morgan fingerprint density at radius 2 is 1.97 bits per heavy atom. The van der Waals surface area contributed by atoms with Crippen LogP contribution in [0.25, 0.3) is 0 Å². The molecule has 5 rings (SSSR count). The fraction of sp³-hybridized carbons (Fsp3) is 0.609. The number of nitrogens with one attached hydrogen (secondary N) is 1. The van der Waals surface area contributed by atoms with Crippen LogP contribution in [0.4, 0.5) is 11.8 Å². The topological polar surface area (TPSA) is 78.4 Å². The Balaban J connectivity index is 1.37. The Kier molecular flexibility index (Phi) is 5.74. The summed E-state index contributed by atoms with van der Waals surface area (Å²) in [5.41, 5.74) is 2.63. The van der Waals surface area contributed by atoms with Gasteiger partial charge in [0.2, 0.25) is 5.95 Å². The number of hydrogen-bond donors (Lipinski definition) is 2. The minimum Gasteiger partial charge on any atom is -0.393 e. The molecule has 2 aromatic heterocycles. The molecule has 3 aliphatic rings. The van der Waals surface area contributed by atoms with Crippen LogP contribution in [0.5, 0.6) is 0 Å². The van der Waals surface area contributed by atoms with E-state index >= 15 is 0 Å². The number of thiophene rings is 1. The maximum Gasteiger partial charge on any atom is 0.269 e. The minimum atomic E-state index is -0.182. The number of fused-ring (bicyclic) bond motifs is 1. The Morgan fingerprint density at radius 1 is 1.17 bits per heavy atom. The van der Waals surface area contributed by atoms with Gasteiger partial charge in [0.15, 0.2) is 0 Å². The lowest BCUT2D eigenvalue weighted by molar-refractivity contribution is 0.0987. The van der Waals surface area contributed by atoms with Crippen LogP contribution >= 0.6 is 11.3 Å². The molecule has 160 valence electrons. The van der Waals surface area contributed by atoms with Crippen molar-refractivity contribution in [3.05, 3.63) is 33.6 Å². The SMILES string of the molecule is O=C(c1scc2c1CCCC2)N(CC1CC1)c1ccnc(NC2CCC(O)CC2)n1. The van der Waals surface area contributed by atoms with Gasteiger partial charge in [-0.3, -0.25) is 9.69 Å². The molecule has 0 aliphatic heterocycles. The zero-order valence-corrected chi connectivity index (χ0v) is 18.2. The van der Waals surface area contributed by atoms with Crippen LogP contribution < -0.4 is 10.2 Å². The van der Waals surface area contributed by atoms with Crippen molar-refractivity contribution in [1.82, 2.24) is 9.97 Å². The second-order valence-electron chi connectivity index (χ2n) is 9.02. The first-order valence-electron chi connectivity index (χ1n) is 11.4. The standard InChI is InChI=1S/C23H30N4O2S/c28-18-9-7-17(8-10-18)25-23-24-12-11-20(26-23)27(13-15-5-6-15)22(29)21-19-4-2-1-3-16(19)14-30-21/h11-12,14-15,17-18,28H,1-10,13H2,(H,24,25,26). The molecule has 0 unspecified atom stereocenters. The molecule has 2 saturated carbocycles. The van der Waals surface area contributed by atoms with Gasteiger partial charge in [0.05, 0.1) is 11.0 Å². The summed E-state index contributed by atoms with van der Waals surface area (Å²) < 4.78 is 0. The number of hydrogen-bond acceptors (Lipinski definition) is 6. The number of aliphatic hydroxyl groups is 1. The molecule has 0 radical (unpaired) electrons. The number of aliphatic hydroxyl groups excluding tert-OH is 1. The summed E-state index contributed by atoms with van der Waals surface area (Å²) in [6.45, 7) is 0.734. The van der Waals surface area contributed by atoms with Gasteiger partial charge in [-0.25, -0.2) is 4.98 Å². The Labute approximate surface area is 181 Å². The summed E-state index contributed by atoms with van der Waals surface area (Å²) in [5.74, 6) is 1.95. The number of rotatable bonds is 6. The number of nitrogens with zero attached hydrogens (tertiary/aromatic N) is 3. The largest absolute Gasteiger partial charge is 0.393 e. The molecule has 2 aromatic rings. The van der Waals surface area contributed by atoms with Gasteiger partial charge >= 0.3 is 0 Å². The van der Waals surface area contributed by atoms with Crippen LogP contribution in [0.15, 0.2) is 17.6 Å². The molecule has 1 amide bonds. The van der Waals surface area contributed by atoms with Gasteiger partial charge in [0.1, 0.15) is 5.82 Å². The molecule has 0 bridgehead atoms. The highest BCUT2D eigenvalue weighted by Crippen LogP contribution is 2.35. The van der Waals surface area contributed by atoms with Gasteiger partial charge < -0.3 is 10.4 Å². The molecule has 2 heterocycles. The van der Waals surface area contributed by atoms with E-state index in [1.54, 1.807) is 17.5 Å². The third-order valence-electron chi connectivity index (χ3n) is 6.63. The van der Waals surface area contributed by atoms with Crippen molar-refractivity contribution in [2.75, 3.05) is 16.8 Å². The number of carbonyl (C=O) groups excluding carboxylic acids is 1. The van der Waals surface area contributed by atoms with Gasteiger partial charge in [-0.15, -0.1) is 11.3 Å². The lowest BCUT2D eigenvalue weighted by atomic mass is 9.93. The van der Waals surface area contributed by atoms with E-state index in [1.165, 1.54) is 36.8 Å². The second-order valence-corrected chi connectivity index (χ2v) is 9.90. The molecule has 2 N–H and O–H groups in total.